The van der Waals surface area contributed by atoms with Crippen LogP contribution in [0.15, 0.2) is 0 Å². The van der Waals surface area contributed by atoms with Gasteiger partial charge in [0.1, 0.15) is 5.92 Å². The second kappa shape index (κ2) is 7.39. The smallest absolute Gasteiger partial charge is 0.334 e. The van der Waals surface area contributed by atoms with Gasteiger partial charge in [-0.15, -0.1) is 0 Å². The highest BCUT2D eigenvalue weighted by Gasteiger charge is 2.59. The Bertz CT molecular complexity index is 479. The van der Waals surface area contributed by atoms with Gasteiger partial charge in [0.05, 0.1) is 6.10 Å². The quantitative estimate of drug-likeness (QED) is 0.428. The van der Waals surface area contributed by atoms with Crippen molar-refractivity contribution in [1.29, 1.82) is 0 Å². The Morgan fingerprint density at radius 3 is 1.78 bits per heavy atom. The van der Waals surface area contributed by atoms with Gasteiger partial charge in [-0.2, -0.15) is 8.78 Å². The molecule has 0 spiro atoms. The van der Waals surface area contributed by atoms with Crippen LogP contribution in [0.1, 0.15) is 27.7 Å². The van der Waals surface area contributed by atoms with Gasteiger partial charge in [0, 0.05) is 20.8 Å². The van der Waals surface area contributed by atoms with E-state index in [0.717, 1.165) is 20.8 Å². The zero-order valence-electron chi connectivity index (χ0n) is 12.9. The summed E-state index contributed by atoms with van der Waals surface area (Å²) in [7, 11) is 0. The summed E-state index contributed by atoms with van der Waals surface area (Å²) in [6.45, 7) is 4.44. The average Bonchev–Trinajstić information content (AvgIpc) is 2.30. The number of carbonyl (C=O) groups excluding carboxylic acids is 3. The minimum absolute atomic E-state index is 0.787. The molecule has 0 aromatic carbocycles. The molecule has 10 heteroatoms. The van der Waals surface area contributed by atoms with E-state index in [0.29, 0.717) is 0 Å². The molecule has 5 atom stereocenters. The topological polar surface area (TPSA) is 88.1 Å². The van der Waals surface area contributed by atoms with E-state index in [1.807, 2.05) is 0 Å². The third-order valence-corrected chi connectivity index (χ3v) is 3.30. The largest absolute Gasteiger partial charge is 0.458 e. The molecule has 1 fully saturated rings. The maximum atomic E-state index is 13.8. The first-order valence-corrected chi connectivity index (χ1v) is 7.05. The summed E-state index contributed by atoms with van der Waals surface area (Å²) < 4.78 is 47.3. The van der Waals surface area contributed by atoms with E-state index in [2.05, 4.69) is 0 Å². The van der Waals surface area contributed by atoms with Gasteiger partial charge < -0.3 is 18.9 Å². The van der Waals surface area contributed by atoms with Crippen molar-refractivity contribution in [3.8, 4) is 0 Å². The number of alkyl halides is 3. The highest BCUT2D eigenvalue weighted by atomic mass is 35.5. The van der Waals surface area contributed by atoms with Gasteiger partial charge in [-0.05, 0) is 18.5 Å². The molecule has 0 amide bonds. The van der Waals surface area contributed by atoms with Crippen LogP contribution in [0, 0.1) is 5.92 Å². The lowest BCUT2D eigenvalue weighted by Gasteiger charge is -2.44. The summed E-state index contributed by atoms with van der Waals surface area (Å²) in [6, 6.07) is 0. The van der Waals surface area contributed by atoms with Crippen molar-refractivity contribution in [3.05, 3.63) is 0 Å². The molecule has 0 N–H and O–H groups in total. The molecule has 23 heavy (non-hydrogen) atoms. The van der Waals surface area contributed by atoms with Gasteiger partial charge in [0.25, 0.3) is 0 Å². The summed E-state index contributed by atoms with van der Waals surface area (Å²) in [6.07, 6.45) is -5.75. The van der Waals surface area contributed by atoms with E-state index >= 15 is 0 Å². The Morgan fingerprint density at radius 2 is 1.39 bits per heavy atom. The number of ether oxygens (including phenoxy) is 4. The molecule has 1 rings (SSSR count). The molecule has 1 saturated heterocycles. The second-order valence-corrected chi connectivity index (χ2v) is 5.54. The molecule has 0 aliphatic carbocycles. The van der Waals surface area contributed by atoms with Gasteiger partial charge in [-0.3, -0.25) is 14.4 Å². The average molecular weight is 359 g/mol. The number of halogens is 3. The van der Waals surface area contributed by atoms with Crippen LogP contribution in [-0.2, 0) is 33.3 Å². The molecule has 0 saturated carbocycles. The van der Waals surface area contributed by atoms with Gasteiger partial charge in [0.2, 0.25) is 6.29 Å². The molecule has 132 valence electrons. The minimum atomic E-state index is -3.96. The lowest BCUT2D eigenvalue weighted by atomic mass is 9.90. The maximum absolute atomic E-state index is 13.8. The summed E-state index contributed by atoms with van der Waals surface area (Å²) in [4.78, 5) is 33.5. The summed E-state index contributed by atoms with van der Waals surface area (Å²) >= 11 is 5.08. The zero-order valence-corrected chi connectivity index (χ0v) is 13.6. The van der Waals surface area contributed by atoms with Gasteiger partial charge in [-0.1, -0.05) is 0 Å². The number of hydrogen-bond acceptors (Lipinski definition) is 7. The van der Waals surface area contributed by atoms with Gasteiger partial charge in [-0.25, -0.2) is 0 Å². The fraction of sp³-hybridized carbons (Fsp3) is 0.769. The lowest BCUT2D eigenvalue weighted by molar-refractivity contribution is -0.297. The van der Waals surface area contributed by atoms with E-state index in [1.165, 1.54) is 6.92 Å². The standard InChI is InChI=1S/C13H17ClF2O7/c1-5-10(21-6(2)17)11(22-7(3)18)9(13(14,15)16)12(20-5)23-8(4)19/h5,9-12H,1-4H3/t5-,9-,10-,11-,12-/m0/s1. The predicted molar refractivity (Wildman–Crippen MR) is 71.5 cm³/mol. The molecule has 7 nitrogen and oxygen atoms in total. The van der Waals surface area contributed by atoms with Gasteiger partial charge in [0.15, 0.2) is 12.2 Å². The second-order valence-electron chi connectivity index (χ2n) is 5.03. The van der Waals surface area contributed by atoms with Crippen LogP contribution in [0.4, 0.5) is 8.78 Å². The molecule has 0 unspecified atom stereocenters. The molecule has 1 aliphatic rings. The fourth-order valence-corrected chi connectivity index (χ4v) is 2.52. The van der Waals surface area contributed by atoms with E-state index in [9.17, 15) is 23.2 Å². The van der Waals surface area contributed by atoms with Crippen molar-refractivity contribution in [2.24, 2.45) is 5.92 Å². The highest BCUT2D eigenvalue weighted by Crippen LogP contribution is 2.42. The fourth-order valence-electron chi connectivity index (χ4n) is 2.29. The SMILES string of the molecule is CC(=O)O[C@@H]1O[C@@H](C)[C@H](OC(C)=O)[C@@H](OC(C)=O)[C@@H]1C(F)(F)Cl. The lowest BCUT2D eigenvalue weighted by Crippen LogP contribution is -2.61. The van der Waals surface area contributed by atoms with Crippen molar-refractivity contribution in [3.63, 3.8) is 0 Å². The number of esters is 3. The maximum Gasteiger partial charge on any atom is 0.334 e. The van der Waals surface area contributed by atoms with E-state index in [4.69, 9.17) is 30.5 Å². The monoisotopic (exact) mass is 358 g/mol. The molecular formula is C13H17ClF2O7. The molecule has 1 heterocycles. The first-order chi connectivity index (χ1) is 10.4. The molecular weight excluding hydrogens is 342 g/mol. The molecule has 0 aromatic rings. The van der Waals surface area contributed by atoms with Crippen LogP contribution in [-0.4, -0.2) is 47.9 Å². The Morgan fingerprint density at radius 1 is 0.957 bits per heavy atom. The Hall–Kier alpha value is -1.48. The Labute approximate surface area is 136 Å². The molecule has 0 bridgehead atoms. The molecule has 0 radical (unpaired) electrons. The van der Waals surface area contributed by atoms with Crippen molar-refractivity contribution >= 4 is 29.5 Å². The van der Waals surface area contributed by atoms with Crippen molar-refractivity contribution in [2.45, 2.75) is 57.7 Å². The van der Waals surface area contributed by atoms with Crippen molar-refractivity contribution in [2.75, 3.05) is 0 Å². The molecule has 1 aliphatic heterocycles. The third-order valence-electron chi connectivity index (χ3n) is 3.05. The molecule has 0 aromatic heterocycles. The van der Waals surface area contributed by atoms with E-state index < -0.39 is 53.8 Å². The van der Waals surface area contributed by atoms with Crippen LogP contribution in [0.2, 0.25) is 0 Å². The van der Waals surface area contributed by atoms with Gasteiger partial charge >= 0.3 is 23.3 Å². The number of carbonyl (C=O) groups is 3. The first kappa shape index (κ1) is 19.6. The van der Waals surface area contributed by atoms with Crippen molar-refractivity contribution in [1.82, 2.24) is 0 Å². The van der Waals surface area contributed by atoms with Crippen molar-refractivity contribution < 1.29 is 42.1 Å². The van der Waals surface area contributed by atoms with Crippen LogP contribution in [0.25, 0.3) is 0 Å². The normalized spacial score (nSPS) is 31.2. The first-order valence-electron chi connectivity index (χ1n) is 6.67. The predicted octanol–water partition coefficient (Wildman–Crippen LogP) is 1.61. The van der Waals surface area contributed by atoms with E-state index in [1.54, 1.807) is 0 Å². The summed E-state index contributed by atoms with van der Waals surface area (Å²) in [5.74, 6) is -4.63. The summed E-state index contributed by atoms with van der Waals surface area (Å²) in [5.41, 5.74) is 0. The van der Waals surface area contributed by atoms with Crippen LogP contribution < -0.4 is 0 Å². The zero-order chi connectivity index (χ0) is 17.9. The Balaban J connectivity index is 3.25. The number of rotatable bonds is 4. The minimum Gasteiger partial charge on any atom is -0.458 e. The number of hydrogen-bond donors (Lipinski definition) is 0. The third kappa shape index (κ3) is 5.28. The van der Waals surface area contributed by atoms with E-state index in [-0.39, 0.29) is 0 Å². The van der Waals surface area contributed by atoms with Crippen LogP contribution >= 0.6 is 11.6 Å². The highest BCUT2D eigenvalue weighted by molar-refractivity contribution is 6.22. The van der Waals surface area contributed by atoms with Crippen LogP contribution in [0.5, 0.6) is 0 Å². The Kier molecular flexibility index (Phi) is 6.29. The van der Waals surface area contributed by atoms with Crippen LogP contribution in [0.3, 0.4) is 0 Å². The summed E-state index contributed by atoms with van der Waals surface area (Å²) in [5, 5.41) is -3.96.